The molecule has 20 heavy (non-hydrogen) atoms. The highest BCUT2D eigenvalue weighted by Gasteiger charge is 2.20. The summed E-state index contributed by atoms with van der Waals surface area (Å²) in [5, 5.41) is 16.8. The Morgan fingerprint density at radius 3 is 2.70 bits per heavy atom. The van der Waals surface area contributed by atoms with Crippen molar-refractivity contribution in [3.63, 3.8) is 0 Å². The van der Waals surface area contributed by atoms with E-state index in [-0.39, 0.29) is 17.2 Å². The van der Waals surface area contributed by atoms with Crippen molar-refractivity contribution in [2.75, 3.05) is 0 Å². The summed E-state index contributed by atoms with van der Waals surface area (Å²) in [5.74, 6) is -1.73. The lowest BCUT2D eigenvalue weighted by atomic mass is 10.1. The molecule has 0 bridgehead atoms. The van der Waals surface area contributed by atoms with E-state index in [2.05, 4.69) is 26.1 Å². The van der Waals surface area contributed by atoms with Crippen LogP contribution in [-0.2, 0) is 0 Å². The summed E-state index contributed by atoms with van der Waals surface area (Å²) < 4.78 is 19.1. The molecule has 0 amide bonds. The summed E-state index contributed by atoms with van der Waals surface area (Å²) in [6, 6.07) is 3.84. The second-order valence-corrected chi connectivity index (χ2v) is 4.93. The van der Waals surface area contributed by atoms with Crippen molar-refractivity contribution in [2.45, 2.75) is 13.8 Å². The van der Waals surface area contributed by atoms with Gasteiger partial charge in [0.25, 0.3) is 5.88 Å². The van der Waals surface area contributed by atoms with E-state index in [1.165, 1.54) is 12.1 Å². The van der Waals surface area contributed by atoms with Crippen molar-refractivity contribution >= 4 is 21.9 Å². The van der Waals surface area contributed by atoms with Gasteiger partial charge in [0.15, 0.2) is 0 Å². The maximum Gasteiger partial charge on any atom is 0.341 e. The molecule has 1 aromatic heterocycles. The van der Waals surface area contributed by atoms with Crippen LogP contribution >= 0.6 is 15.9 Å². The van der Waals surface area contributed by atoms with Gasteiger partial charge < -0.3 is 9.84 Å². The standard InChI is InChI=1S/C13H10BrFN2O3/c1-6-7(2)16-17-12(11(6)13(18)19)20-10-5-8(15)3-4-9(10)14/h3-5H,1-2H3,(H,18,19). The van der Waals surface area contributed by atoms with Gasteiger partial charge in [0.05, 0.1) is 10.2 Å². The Kier molecular flexibility index (Phi) is 3.99. The van der Waals surface area contributed by atoms with Gasteiger partial charge in [0, 0.05) is 6.07 Å². The number of carboxylic acids is 1. The summed E-state index contributed by atoms with van der Waals surface area (Å²) in [5.41, 5.74) is 0.858. The Morgan fingerprint density at radius 1 is 1.35 bits per heavy atom. The minimum absolute atomic E-state index is 0.0892. The number of benzene rings is 1. The highest BCUT2D eigenvalue weighted by molar-refractivity contribution is 9.10. The Hall–Kier alpha value is -2.02. The molecule has 0 radical (unpaired) electrons. The number of nitrogens with zero attached hydrogens (tertiary/aromatic N) is 2. The minimum Gasteiger partial charge on any atom is -0.477 e. The van der Waals surface area contributed by atoms with E-state index in [1.54, 1.807) is 13.8 Å². The van der Waals surface area contributed by atoms with Gasteiger partial charge >= 0.3 is 5.97 Å². The molecule has 0 fully saturated rings. The van der Waals surface area contributed by atoms with Crippen molar-refractivity contribution < 1.29 is 19.0 Å². The molecular weight excluding hydrogens is 331 g/mol. The fourth-order valence-electron chi connectivity index (χ4n) is 1.57. The molecule has 2 aromatic rings. The molecule has 0 saturated heterocycles. The predicted molar refractivity (Wildman–Crippen MR) is 72.6 cm³/mol. The quantitative estimate of drug-likeness (QED) is 0.925. The van der Waals surface area contributed by atoms with Crippen LogP contribution in [-0.4, -0.2) is 21.3 Å². The number of hydrogen-bond acceptors (Lipinski definition) is 4. The first-order valence-electron chi connectivity index (χ1n) is 5.60. The van der Waals surface area contributed by atoms with Crippen LogP contribution in [0.25, 0.3) is 0 Å². The number of aryl methyl sites for hydroxylation is 1. The lowest BCUT2D eigenvalue weighted by Gasteiger charge is -2.11. The number of aromatic carboxylic acids is 1. The maximum absolute atomic E-state index is 13.2. The number of carbonyl (C=O) groups is 1. The summed E-state index contributed by atoms with van der Waals surface area (Å²) in [7, 11) is 0. The lowest BCUT2D eigenvalue weighted by Crippen LogP contribution is -2.08. The molecule has 1 N–H and O–H groups in total. The molecule has 7 heteroatoms. The minimum atomic E-state index is -1.18. The van der Waals surface area contributed by atoms with Gasteiger partial charge in [-0.1, -0.05) is 0 Å². The molecule has 5 nitrogen and oxygen atoms in total. The van der Waals surface area contributed by atoms with Gasteiger partial charge in [-0.15, -0.1) is 5.10 Å². The van der Waals surface area contributed by atoms with Crippen LogP contribution in [0.1, 0.15) is 21.6 Å². The largest absolute Gasteiger partial charge is 0.477 e. The molecule has 0 unspecified atom stereocenters. The Bertz CT molecular complexity index is 692. The van der Waals surface area contributed by atoms with Crippen LogP contribution in [0.3, 0.4) is 0 Å². The van der Waals surface area contributed by atoms with Gasteiger partial charge in [0.1, 0.15) is 17.1 Å². The molecule has 1 aromatic carbocycles. The number of halogens is 2. The molecule has 0 spiro atoms. The molecule has 0 aliphatic heterocycles. The zero-order chi connectivity index (χ0) is 14.9. The van der Waals surface area contributed by atoms with Gasteiger partial charge in [0.2, 0.25) is 0 Å². The number of ether oxygens (including phenoxy) is 1. The second-order valence-electron chi connectivity index (χ2n) is 4.07. The van der Waals surface area contributed by atoms with Crippen LogP contribution in [0.4, 0.5) is 4.39 Å². The molecule has 0 aliphatic rings. The predicted octanol–water partition coefficient (Wildman–Crippen LogP) is 3.49. The van der Waals surface area contributed by atoms with Gasteiger partial charge in [-0.05, 0) is 47.5 Å². The number of hydrogen-bond donors (Lipinski definition) is 1. The van der Waals surface area contributed by atoms with Crippen molar-refractivity contribution in [2.24, 2.45) is 0 Å². The fourth-order valence-corrected chi connectivity index (χ4v) is 1.90. The summed E-state index contributed by atoms with van der Waals surface area (Å²) in [4.78, 5) is 11.3. The molecule has 0 aliphatic carbocycles. The Labute approximate surface area is 122 Å². The fraction of sp³-hybridized carbons (Fsp3) is 0.154. The number of rotatable bonds is 3. The third-order valence-corrected chi connectivity index (χ3v) is 3.39. The molecule has 0 saturated carbocycles. The average molecular weight is 341 g/mol. The van der Waals surface area contributed by atoms with Crippen molar-refractivity contribution in [1.82, 2.24) is 10.2 Å². The normalized spacial score (nSPS) is 10.4. The monoisotopic (exact) mass is 340 g/mol. The van der Waals surface area contributed by atoms with Crippen LogP contribution in [0, 0.1) is 19.7 Å². The first kappa shape index (κ1) is 14.4. The van der Waals surface area contributed by atoms with Crippen LogP contribution in [0.15, 0.2) is 22.7 Å². The lowest BCUT2D eigenvalue weighted by molar-refractivity contribution is 0.0692. The van der Waals surface area contributed by atoms with Crippen molar-refractivity contribution in [3.8, 4) is 11.6 Å². The van der Waals surface area contributed by atoms with Crippen LogP contribution in [0.2, 0.25) is 0 Å². The third-order valence-electron chi connectivity index (χ3n) is 2.74. The van der Waals surface area contributed by atoms with Gasteiger partial charge in [-0.25, -0.2) is 9.18 Å². The summed E-state index contributed by atoms with van der Waals surface area (Å²) in [6.45, 7) is 3.26. The van der Waals surface area contributed by atoms with Crippen LogP contribution < -0.4 is 4.74 Å². The smallest absolute Gasteiger partial charge is 0.341 e. The SMILES string of the molecule is Cc1nnc(Oc2cc(F)ccc2Br)c(C(=O)O)c1C. The highest BCUT2D eigenvalue weighted by atomic mass is 79.9. The van der Waals surface area contributed by atoms with Gasteiger partial charge in [-0.2, -0.15) is 5.10 Å². The Balaban J connectivity index is 2.51. The zero-order valence-corrected chi connectivity index (χ0v) is 12.2. The first-order chi connectivity index (χ1) is 9.40. The van der Waals surface area contributed by atoms with Crippen LogP contribution in [0.5, 0.6) is 11.6 Å². The van der Waals surface area contributed by atoms with E-state index >= 15 is 0 Å². The second kappa shape index (κ2) is 5.54. The molecule has 1 heterocycles. The molecule has 0 atom stereocenters. The topological polar surface area (TPSA) is 72.3 Å². The number of carboxylic acid groups (broad SMARTS) is 1. The van der Waals surface area contributed by atoms with Crippen molar-refractivity contribution in [1.29, 1.82) is 0 Å². The Morgan fingerprint density at radius 2 is 2.05 bits per heavy atom. The first-order valence-corrected chi connectivity index (χ1v) is 6.39. The average Bonchev–Trinajstić information content (AvgIpc) is 2.38. The summed E-state index contributed by atoms with van der Waals surface area (Å²) >= 11 is 3.20. The third kappa shape index (κ3) is 2.77. The van der Waals surface area contributed by atoms with E-state index in [0.717, 1.165) is 6.07 Å². The van der Waals surface area contributed by atoms with E-state index < -0.39 is 11.8 Å². The van der Waals surface area contributed by atoms with E-state index in [9.17, 15) is 14.3 Å². The maximum atomic E-state index is 13.2. The summed E-state index contributed by atoms with van der Waals surface area (Å²) in [6.07, 6.45) is 0. The van der Waals surface area contributed by atoms with E-state index in [0.29, 0.717) is 15.7 Å². The molecule has 2 rings (SSSR count). The zero-order valence-electron chi connectivity index (χ0n) is 10.6. The van der Waals surface area contributed by atoms with E-state index in [1.807, 2.05) is 0 Å². The number of aromatic nitrogens is 2. The highest BCUT2D eigenvalue weighted by Crippen LogP contribution is 2.32. The molecular formula is C13H10BrFN2O3. The van der Waals surface area contributed by atoms with Gasteiger partial charge in [-0.3, -0.25) is 0 Å². The molecule has 104 valence electrons. The van der Waals surface area contributed by atoms with E-state index in [4.69, 9.17) is 4.74 Å². The van der Waals surface area contributed by atoms with Crippen molar-refractivity contribution in [3.05, 3.63) is 45.3 Å².